The summed E-state index contributed by atoms with van der Waals surface area (Å²) in [5, 5.41) is 5.65. The summed E-state index contributed by atoms with van der Waals surface area (Å²) in [7, 11) is 0. The Hall–Kier alpha value is -1.77. The maximum Gasteiger partial charge on any atom is 0.417 e. The van der Waals surface area contributed by atoms with E-state index >= 15 is 0 Å². The lowest BCUT2D eigenvalue weighted by atomic mass is 9.85. The third-order valence-electron chi connectivity index (χ3n) is 4.04. The van der Waals surface area contributed by atoms with Crippen molar-refractivity contribution in [3.63, 3.8) is 0 Å². The molecule has 0 bridgehead atoms. The summed E-state index contributed by atoms with van der Waals surface area (Å²) in [5.74, 6) is -1.03. The Morgan fingerprint density at radius 3 is 2.08 bits per heavy atom. The number of hydrogen-bond acceptors (Lipinski definition) is 2. The molecule has 2 atom stereocenters. The Kier molecular flexibility index (Phi) is 5.36. The van der Waals surface area contributed by atoms with E-state index < -0.39 is 35.0 Å². The summed E-state index contributed by atoms with van der Waals surface area (Å²) in [5.41, 5.74) is -3.84. The first-order valence-corrected chi connectivity index (χ1v) is 7.75. The number of rotatable bonds is 4. The molecule has 140 valence electrons. The van der Waals surface area contributed by atoms with Gasteiger partial charge in [-0.3, -0.25) is 4.79 Å². The highest BCUT2D eigenvalue weighted by atomic mass is 19.4. The molecule has 1 fully saturated rings. The van der Waals surface area contributed by atoms with Gasteiger partial charge in [-0.25, -0.2) is 0 Å². The number of amides is 1. The van der Waals surface area contributed by atoms with Crippen molar-refractivity contribution in [3.05, 3.63) is 34.9 Å². The van der Waals surface area contributed by atoms with E-state index in [1.54, 1.807) is 0 Å². The number of hydrogen-bond donors (Lipinski definition) is 2. The fraction of sp³-hybridized carbons (Fsp3) is 0.562. The van der Waals surface area contributed by atoms with Gasteiger partial charge in [-0.1, -0.05) is 13.8 Å². The average Bonchev–Trinajstić information content (AvgIpc) is 2.46. The van der Waals surface area contributed by atoms with Crippen LogP contribution in [-0.4, -0.2) is 24.0 Å². The predicted molar refractivity (Wildman–Crippen MR) is 79.0 cm³/mol. The normalized spacial score (nSPS) is 21.2. The first-order chi connectivity index (χ1) is 11.4. The largest absolute Gasteiger partial charge is 0.417 e. The molecule has 1 aromatic carbocycles. The molecule has 25 heavy (non-hydrogen) atoms. The molecule has 0 spiro atoms. The highest BCUT2D eigenvalue weighted by Gasteiger charge is 2.40. The molecular formula is C16H18F6N2O. The van der Waals surface area contributed by atoms with E-state index in [9.17, 15) is 31.1 Å². The van der Waals surface area contributed by atoms with Gasteiger partial charge >= 0.3 is 12.4 Å². The summed E-state index contributed by atoms with van der Waals surface area (Å²) in [6, 6.07) is 0.756. The standard InChI is InChI=1S/C16H18F6N2O/c1-8(2)23-12-5-6-13(12)24-14(25)10-4-3-9(15(17,18)19)7-11(10)16(20,21)22/h3-4,7-8,12-13,23H,5-6H2,1-2H3,(H,24,25)/t12-,13+/m1/s1. The molecule has 0 radical (unpaired) electrons. The van der Waals surface area contributed by atoms with Crippen LogP contribution in [-0.2, 0) is 12.4 Å². The van der Waals surface area contributed by atoms with E-state index in [1.807, 2.05) is 13.8 Å². The van der Waals surface area contributed by atoms with E-state index in [0.717, 1.165) is 6.42 Å². The highest BCUT2D eigenvalue weighted by molar-refractivity contribution is 5.96. The van der Waals surface area contributed by atoms with Crippen LogP contribution in [0.3, 0.4) is 0 Å². The Morgan fingerprint density at radius 2 is 1.64 bits per heavy atom. The maximum absolute atomic E-state index is 13.1. The van der Waals surface area contributed by atoms with Crippen LogP contribution in [0.15, 0.2) is 18.2 Å². The number of halogens is 6. The van der Waals surface area contributed by atoms with E-state index in [-0.39, 0.29) is 24.2 Å². The second-order valence-electron chi connectivity index (χ2n) is 6.34. The third-order valence-corrected chi connectivity index (χ3v) is 4.04. The fourth-order valence-electron chi connectivity index (χ4n) is 2.70. The number of nitrogens with one attached hydrogen (secondary N) is 2. The minimum absolute atomic E-state index is 0.0282. The van der Waals surface area contributed by atoms with Gasteiger partial charge in [0.05, 0.1) is 16.7 Å². The summed E-state index contributed by atoms with van der Waals surface area (Å²) in [4.78, 5) is 12.2. The van der Waals surface area contributed by atoms with Gasteiger partial charge in [-0.2, -0.15) is 26.3 Å². The number of carbonyl (C=O) groups is 1. The lowest BCUT2D eigenvalue weighted by molar-refractivity contribution is -0.143. The minimum atomic E-state index is -5.07. The van der Waals surface area contributed by atoms with E-state index in [0.29, 0.717) is 18.6 Å². The van der Waals surface area contributed by atoms with Gasteiger partial charge in [0.1, 0.15) is 0 Å². The second kappa shape index (κ2) is 6.86. The molecule has 1 amide bonds. The minimum Gasteiger partial charge on any atom is -0.348 e. The van der Waals surface area contributed by atoms with Crippen molar-refractivity contribution >= 4 is 5.91 Å². The Bertz CT molecular complexity index is 638. The summed E-state index contributed by atoms with van der Waals surface area (Å²) >= 11 is 0. The molecule has 0 aromatic heterocycles. The smallest absolute Gasteiger partial charge is 0.348 e. The maximum atomic E-state index is 13.1. The lowest BCUT2D eigenvalue weighted by Crippen LogP contribution is -2.58. The van der Waals surface area contributed by atoms with Crippen LogP contribution in [0, 0.1) is 0 Å². The van der Waals surface area contributed by atoms with Crippen molar-refractivity contribution in [1.82, 2.24) is 10.6 Å². The SMILES string of the molecule is CC(C)N[C@@H]1CC[C@@H]1NC(=O)c1ccc(C(F)(F)F)cc1C(F)(F)F. The van der Waals surface area contributed by atoms with Gasteiger partial charge in [0.15, 0.2) is 0 Å². The average molecular weight is 368 g/mol. The van der Waals surface area contributed by atoms with E-state index in [1.165, 1.54) is 0 Å². The molecule has 0 heterocycles. The molecule has 0 unspecified atom stereocenters. The zero-order valence-corrected chi connectivity index (χ0v) is 13.6. The molecule has 9 heteroatoms. The molecule has 2 rings (SSSR count). The Morgan fingerprint density at radius 1 is 1.04 bits per heavy atom. The predicted octanol–water partition coefficient (Wildman–Crippen LogP) is 3.98. The topological polar surface area (TPSA) is 41.1 Å². The van der Waals surface area contributed by atoms with Gasteiger partial charge in [0, 0.05) is 18.1 Å². The van der Waals surface area contributed by atoms with E-state index in [4.69, 9.17) is 0 Å². The molecule has 1 aliphatic rings. The summed E-state index contributed by atoms with van der Waals surface area (Å²) in [6.45, 7) is 3.80. The van der Waals surface area contributed by atoms with Crippen LogP contribution in [0.5, 0.6) is 0 Å². The zero-order chi connectivity index (χ0) is 19.0. The summed E-state index contributed by atoms with van der Waals surface area (Å²) in [6.07, 6.45) is -8.63. The van der Waals surface area contributed by atoms with Gasteiger partial charge in [0.2, 0.25) is 0 Å². The van der Waals surface area contributed by atoms with E-state index in [2.05, 4.69) is 10.6 Å². The van der Waals surface area contributed by atoms with Gasteiger partial charge in [0.25, 0.3) is 5.91 Å². The molecule has 0 aliphatic heterocycles. The molecule has 3 nitrogen and oxygen atoms in total. The van der Waals surface area contributed by atoms with Gasteiger partial charge < -0.3 is 10.6 Å². The Labute approximate surface area is 140 Å². The van der Waals surface area contributed by atoms with Crippen molar-refractivity contribution in [2.75, 3.05) is 0 Å². The lowest BCUT2D eigenvalue weighted by Gasteiger charge is -2.39. The highest BCUT2D eigenvalue weighted by Crippen LogP contribution is 2.37. The van der Waals surface area contributed by atoms with Crippen LogP contribution in [0.2, 0.25) is 0 Å². The fourth-order valence-corrected chi connectivity index (χ4v) is 2.70. The first-order valence-electron chi connectivity index (χ1n) is 7.75. The van der Waals surface area contributed by atoms with Gasteiger partial charge in [-0.15, -0.1) is 0 Å². The molecule has 0 saturated heterocycles. The molecular weight excluding hydrogens is 350 g/mol. The van der Waals surface area contributed by atoms with Crippen LogP contribution in [0.25, 0.3) is 0 Å². The monoisotopic (exact) mass is 368 g/mol. The number of benzene rings is 1. The quantitative estimate of drug-likeness (QED) is 0.790. The third kappa shape index (κ3) is 4.65. The van der Waals surface area contributed by atoms with Crippen molar-refractivity contribution in [1.29, 1.82) is 0 Å². The van der Waals surface area contributed by atoms with Crippen molar-refractivity contribution in [3.8, 4) is 0 Å². The molecule has 1 aromatic rings. The van der Waals surface area contributed by atoms with Crippen LogP contribution < -0.4 is 10.6 Å². The number of carbonyl (C=O) groups excluding carboxylic acids is 1. The summed E-state index contributed by atoms with van der Waals surface area (Å²) < 4.78 is 77.3. The van der Waals surface area contributed by atoms with Crippen LogP contribution in [0.1, 0.15) is 48.2 Å². The van der Waals surface area contributed by atoms with Crippen molar-refractivity contribution in [2.45, 2.75) is 57.2 Å². The van der Waals surface area contributed by atoms with Gasteiger partial charge in [-0.05, 0) is 31.0 Å². The zero-order valence-electron chi connectivity index (χ0n) is 13.6. The van der Waals surface area contributed by atoms with Crippen molar-refractivity contribution in [2.24, 2.45) is 0 Å². The van der Waals surface area contributed by atoms with Crippen molar-refractivity contribution < 1.29 is 31.1 Å². The van der Waals surface area contributed by atoms with Crippen LogP contribution in [0.4, 0.5) is 26.3 Å². The molecule has 2 N–H and O–H groups in total. The molecule has 1 saturated carbocycles. The van der Waals surface area contributed by atoms with Crippen LogP contribution >= 0.6 is 0 Å². The number of alkyl halides is 6. The first kappa shape index (κ1) is 19.6. The molecule has 1 aliphatic carbocycles. The Balaban J connectivity index is 2.24. The second-order valence-corrected chi connectivity index (χ2v) is 6.34.